The van der Waals surface area contributed by atoms with Crippen LogP contribution in [0.25, 0.3) is 11.1 Å². The molecule has 0 bridgehead atoms. The fourth-order valence-corrected chi connectivity index (χ4v) is 2.22. The van der Waals surface area contributed by atoms with Gasteiger partial charge < -0.3 is 14.6 Å². The van der Waals surface area contributed by atoms with Crippen LogP contribution in [0.3, 0.4) is 0 Å². The van der Waals surface area contributed by atoms with Gasteiger partial charge in [-0.3, -0.25) is 4.79 Å². The maximum atomic E-state index is 12.4. The van der Waals surface area contributed by atoms with E-state index in [0.29, 0.717) is 28.2 Å². The third-order valence-corrected chi connectivity index (χ3v) is 3.70. The van der Waals surface area contributed by atoms with Crippen LogP contribution >= 0.6 is 0 Å². The third kappa shape index (κ3) is 2.01. The first-order valence-electron chi connectivity index (χ1n) is 6.65. The molecule has 0 atom stereocenters. The molecule has 1 aliphatic rings. The Morgan fingerprint density at radius 3 is 2.70 bits per heavy atom. The SMILES string of the molecule is Cc1oc2ncnc(NC3(C)CC3)c2c1C(=O)N(C)C. The normalized spacial score (nSPS) is 16.2. The molecule has 2 heterocycles. The van der Waals surface area contributed by atoms with E-state index < -0.39 is 0 Å². The van der Waals surface area contributed by atoms with Crippen molar-refractivity contribution in [1.82, 2.24) is 14.9 Å². The number of amides is 1. The molecule has 1 aliphatic carbocycles. The van der Waals surface area contributed by atoms with E-state index in [9.17, 15) is 4.79 Å². The van der Waals surface area contributed by atoms with Gasteiger partial charge >= 0.3 is 0 Å². The van der Waals surface area contributed by atoms with Crippen LogP contribution in [0.15, 0.2) is 10.7 Å². The summed E-state index contributed by atoms with van der Waals surface area (Å²) >= 11 is 0. The van der Waals surface area contributed by atoms with Crippen LogP contribution < -0.4 is 5.32 Å². The number of hydrogen-bond donors (Lipinski definition) is 1. The molecule has 1 N–H and O–H groups in total. The highest BCUT2D eigenvalue weighted by molar-refractivity contribution is 6.09. The summed E-state index contributed by atoms with van der Waals surface area (Å²) < 4.78 is 5.61. The number of aromatic nitrogens is 2. The number of rotatable bonds is 3. The second-order valence-electron chi connectivity index (χ2n) is 5.82. The first-order valence-corrected chi connectivity index (χ1v) is 6.65. The zero-order chi connectivity index (χ0) is 14.5. The monoisotopic (exact) mass is 274 g/mol. The topological polar surface area (TPSA) is 71.3 Å². The van der Waals surface area contributed by atoms with Gasteiger partial charge in [0.25, 0.3) is 5.91 Å². The molecule has 0 aromatic carbocycles. The van der Waals surface area contributed by atoms with E-state index in [1.165, 1.54) is 11.2 Å². The number of nitrogens with zero attached hydrogens (tertiary/aromatic N) is 3. The van der Waals surface area contributed by atoms with Crippen molar-refractivity contribution in [2.24, 2.45) is 0 Å². The molecule has 1 fully saturated rings. The Bertz CT molecular complexity index is 686. The molecule has 3 rings (SSSR count). The molecule has 6 nitrogen and oxygen atoms in total. The number of anilines is 1. The predicted octanol–water partition coefficient (Wildman–Crippen LogP) is 2.20. The lowest BCUT2D eigenvalue weighted by atomic mass is 10.1. The molecule has 0 spiro atoms. The molecule has 0 aliphatic heterocycles. The van der Waals surface area contributed by atoms with Crippen molar-refractivity contribution < 1.29 is 9.21 Å². The Labute approximate surface area is 117 Å². The summed E-state index contributed by atoms with van der Waals surface area (Å²) in [4.78, 5) is 22.3. The highest BCUT2D eigenvalue weighted by Crippen LogP contribution is 2.40. The summed E-state index contributed by atoms with van der Waals surface area (Å²) in [5.41, 5.74) is 1.07. The molecule has 0 radical (unpaired) electrons. The highest BCUT2D eigenvalue weighted by atomic mass is 16.3. The average molecular weight is 274 g/mol. The van der Waals surface area contributed by atoms with Crippen LogP contribution in [0, 0.1) is 6.92 Å². The summed E-state index contributed by atoms with van der Waals surface area (Å²) in [6, 6.07) is 0. The van der Waals surface area contributed by atoms with Crippen molar-refractivity contribution in [1.29, 1.82) is 0 Å². The minimum absolute atomic E-state index is 0.0743. The standard InChI is InChI=1S/C14H18N4O2/c1-8-9(13(19)18(3)4)10-11(17-14(2)5-6-14)15-7-16-12(10)20-8/h7H,5-6H2,1-4H3,(H,15,16,17). The molecule has 6 heteroatoms. The van der Waals surface area contributed by atoms with Crippen LogP contribution in [0.2, 0.25) is 0 Å². The summed E-state index contributed by atoms with van der Waals surface area (Å²) in [5.74, 6) is 1.15. The van der Waals surface area contributed by atoms with Gasteiger partial charge in [0, 0.05) is 19.6 Å². The highest BCUT2D eigenvalue weighted by Gasteiger charge is 2.38. The maximum Gasteiger partial charge on any atom is 0.257 e. The Hall–Kier alpha value is -2.11. The van der Waals surface area contributed by atoms with Gasteiger partial charge in [0.15, 0.2) is 0 Å². The van der Waals surface area contributed by atoms with Gasteiger partial charge in [-0.25, -0.2) is 9.97 Å². The molecule has 2 aromatic heterocycles. The minimum atomic E-state index is -0.0972. The van der Waals surface area contributed by atoms with E-state index in [1.807, 2.05) is 0 Å². The lowest BCUT2D eigenvalue weighted by molar-refractivity contribution is 0.0827. The van der Waals surface area contributed by atoms with Gasteiger partial charge in [0.05, 0.1) is 10.9 Å². The van der Waals surface area contributed by atoms with Crippen molar-refractivity contribution in [3.63, 3.8) is 0 Å². The van der Waals surface area contributed by atoms with Crippen molar-refractivity contribution in [2.45, 2.75) is 32.2 Å². The summed E-state index contributed by atoms with van der Waals surface area (Å²) in [6.45, 7) is 3.92. The fraction of sp³-hybridized carbons (Fsp3) is 0.500. The first-order chi connectivity index (χ1) is 9.41. The Balaban J connectivity index is 2.18. The molecule has 20 heavy (non-hydrogen) atoms. The number of carbonyl (C=O) groups excluding carboxylic acids is 1. The summed E-state index contributed by atoms with van der Waals surface area (Å²) in [6.07, 6.45) is 3.67. The number of hydrogen-bond acceptors (Lipinski definition) is 5. The quantitative estimate of drug-likeness (QED) is 0.929. The Morgan fingerprint density at radius 2 is 2.10 bits per heavy atom. The summed E-state index contributed by atoms with van der Waals surface area (Å²) in [7, 11) is 3.44. The largest absolute Gasteiger partial charge is 0.442 e. The van der Waals surface area contributed by atoms with E-state index in [-0.39, 0.29) is 11.4 Å². The molecule has 2 aromatic rings. The first kappa shape index (κ1) is 12.9. The van der Waals surface area contributed by atoms with Gasteiger partial charge in [0.2, 0.25) is 5.71 Å². The second kappa shape index (κ2) is 4.19. The average Bonchev–Trinajstić information content (AvgIpc) is 2.99. The van der Waals surface area contributed by atoms with Gasteiger partial charge in [-0.1, -0.05) is 0 Å². The molecule has 106 valence electrons. The van der Waals surface area contributed by atoms with E-state index in [0.717, 1.165) is 12.8 Å². The minimum Gasteiger partial charge on any atom is -0.442 e. The van der Waals surface area contributed by atoms with Crippen LogP contribution in [0.5, 0.6) is 0 Å². The molecular formula is C14H18N4O2. The van der Waals surface area contributed by atoms with E-state index in [2.05, 4.69) is 22.2 Å². The lowest BCUT2D eigenvalue weighted by Gasteiger charge is -2.14. The van der Waals surface area contributed by atoms with Crippen LogP contribution in [-0.4, -0.2) is 40.4 Å². The second-order valence-corrected chi connectivity index (χ2v) is 5.82. The smallest absolute Gasteiger partial charge is 0.257 e. The third-order valence-electron chi connectivity index (χ3n) is 3.70. The van der Waals surface area contributed by atoms with Gasteiger partial charge in [-0.05, 0) is 26.7 Å². The van der Waals surface area contributed by atoms with Crippen LogP contribution in [-0.2, 0) is 0 Å². The molecule has 0 unspecified atom stereocenters. The van der Waals surface area contributed by atoms with Gasteiger partial charge in [0.1, 0.15) is 17.9 Å². The van der Waals surface area contributed by atoms with E-state index >= 15 is 0 Å². The molecule has 1 saturated carbocycles. The van der Waals surface area contributed by atoms with Gasteiger partial charge in [-0.15, -0.1) is 0 Å². The number of carbonyl (C=O) groups is 1. The summed E-state index contributed by atoms with van der Waals surface area (Å²) in [5, 5.41) is 4.08. The van der Waals surface area contributed by atoms with Crippen molar-refractivity contribution >= 4 is 22.8 Å². The van der Waals surface area contributed by atoms with Crippen LogP contribution in [0.4, 0.5) is 5.82 Å². The van der Waals surface area contributed by atoms with E-state index in [4.69, 9.17) is 4.42 Å². The zero-order valence-corrected chi connectivity index (χ0v) is 12.1. The number of furan rings is 1. The number of nitrogens with one attached hydrogen (secondary N) is 1. The van der Waals surface area contributed by atoms with Crippen molar-refractivity contribution in [3.8, 4) is 0 Å². The maximum absolute atomic E-state index is 12.4. The predicted molar refractivity (Wildman–Crippen MR) is 75.8 cm³/mol. The lowest BCUT2D eigenvalue weighted by Crippen LogP contribution is -2.23. The van der Waals surface area contributed by atoms with Crippen LogP contribution in [0.1, 0.15) is 35.9 Å². The zero-order valence-electron chi connectivity index (χ0n) is 12.1. The molecule has 1 amide bonds. The Morgan fingerprint density at radius 1 is 1.40 bits per heavy atom. The molecule has 0 saturated heterocycles. The fourth-order valence-electron chi connectivity index (χ4n) is 2.22. The van der Waals surface area contributed by atoms with Gasteiger partial charge in [-0.2, -0.15) is 0 Å². The molecular weight excluding hydrogens is 256 g/mol. The van der Waals surface area contributed by atoms with E-state index in [1.54, 1.807) is 21.0 Å². The Kier molecular flexibility index (Phi) is 2.70. The number of fused-ring (bicyclic) bond motifs is 1. The number of aryl methyl sites for hydroxylation is 1. The van der Waals surface area contributed by atoms with Crippen molar-refractivity contribution in [2.75, 3.05) is 19.4 Å². The van der Waals surface area contributed by atoms with Crippen molar-refractivity contribution in [3.05, 3.63) is 17.7 Å².